The molecule has 6 heteroatoms. The lowest BCUT2D eigenvalue weighted by molar-refractivity contribution is -0.139. The summed E-state index contributed by atoms with van der Waals surface area (Å²) >= 11 is 0. The van der Waals surface area contributed by atoms with Crippen LogP contribution in [0.5, 0.6) is 5.75 Å². The number of nitrogens with one attached hydrogen (secondary N) is 1. The second kappa shape index (κ2) is 9.99. The molecule has 31 heavy (non-hydrogen) atoms. The molecule has 0 bridgehead atoms. The van der Waals surface area contributed by atoms with Gasteiger partial charge in [-0.3, -0.25) is 4.79 Å². The van der Waals surface area contributed by atoms with Crippen molar-refractivity contribution in [3.8, 4) is 17.6 Å². The van der Waals surface area contributed by atoms with Gasteiger partial charge in [0.1, 0.15) is 11.8 Å². The van der Waals surface area contributed by atoms with Crippen LogP contribution in [0.15, 0.2) is 72.8 Å². The Morgan fingerprint density at radius 1 is 0.968 bits per heavy atom. The van der Waals surface area contributed by atoms with E-state index in [1.165, 1.54) is 24.3 Å². The van der Waals surface area contributed by atoms with Crippen LogP contribution in [0.1, 0.15) is 33.5 Å². The molecule has 1 atom stereocenters. The van der Waals surface area contributed by atoms with Gasteiger partial charge in [0.2, 0.25) is 0 Å². The fourth-order valence-corrected chi connectivity index (χ4v) is 2.94. The van der Waals surface area contributed by atoms with E-state index in [0.717, 1.165) is 5.56 Å². The van der Waals surface area contributed by atoms with Gasteiger partial charge in [0.25, 0.3) is 5.91 Å². The van der Waals surface area contributed by atoms with Crippen molar-refractivity contribution < 1.29 is 19.8 Å². The SMILES string of the molecule is Nc1ccc(C(=O)NC(CCc2ccccc2)C(=O)O)cc1C#Cc1ccc(O)cc1. The third-order valence-corrected chi connectivity index (χ3v) is 4.69. The summed E-state index contributed by atoms with van der Waals surface area (Å²) in [5.74, 6) is 4.38. The molecule has 0 radical (unpaired) electrons. The molecule has 0 aliphatic carbocycles. The molecule has 3 aromatic carbocycles. The summed E-state index contributed by atoms with van der Waals surface area (Å²) in [6.45, 7) is 0. The maximum atomic E-state index is 12.7. The third kappa shape index (κ3) is 6.12. The first-order valence-electron chi connectivity index (χ1n) is 9.70. The van der Waals surface area contributed by atoms with E-state index in [2.05, 4.69) is 17.2 Å². The van der Waals surface area contributed by atoms with Crippen LogP contribution in [-0.2, 0) is 11.2 Å². The van der Waals surface area contributed by atoms with Gasteiger partial charge in [-0.15, -0.1) is 0 Å². The number of amides is 1. The number of aromatic hydroxyl groups is 1. The van der Waals surface area contributed by atoms with E-state index in [0.29, 0.717) is 23.2 Å². The van der Waals surface area contributed by atoms with Gasteiger partial charge in [-0.1, -0.05) is 42.2 Å². The molecule has 0 spiro atoms. The monoisotopic (exact) mass is 414 g/mol. The smallest absolute Gasteiger partial charge is 0.326 e. The summed E-state index contributed by atoms with van der Waals surface area (Å²) in [6.07, 6.45) is 0.802. The molecular weight excluding hydrogens is 392 g/mol. The van der Waals surface area contributed by atoms with Crippen LogP contribution in [-0.4, -0.2) is 28.1 Å². The molecule has 0 saturated carbocycles. The van der Waals surface area contributed by atoms with E-state index in [9.17, 15) is 19.8 Å². The Morgan fingerprint density at radius 2 is 1.68 bits per heavy atom. The van der Waals surface area contributed by atoms with Crippen LogP contribution in [0.3, 0.4) is 0 Å². The Morgan fingerprint density at radius 3 is 2.35 bits per heavy atom. The zero-order valence-electron chi connectivity index (χ0n) is 16.7. The molecule has 6 nitrogen and oxygen atoms in total. The summed E-state index contributed by atoms with van der Waals surface area (Å²) in [7, 11) is 0. The van der Waals surface area contributed by atoms with Gasteiger partial charge in [0.05, 0.1) is 0 Å². The predicted octanol–water partition coefficient (Wildman–Crippen LogP) is 3.19. The van der Waals surface area contributed by atoms with Crippen LogP contribution in [0, 0.1) is 11.8 Å². The van der Waals surface area contributed by atoms with E-state index < -0.39 is 17.9 Å². The van der Waals surface area contributed by atoms with Crippen LogP contribution in [0.25, 0.3) is 0 Å². The van der Waals surface area contributed by atoms with E-state index in [1.807, 2.05) is 30.3 Å². The Bertz CT molecular complexity index is 1130. The highest BCUT2D eigenvalue weighted by Crippen LogP contribution is 2.15. The molecule has 3 aromatic rings. The van der Waals surface area contributed by atoms with Crippen molar-refractivity contribution >= 4 is 17.6 Å². The van der Waals surface area contributed by atoms with Crippen LogP contribution < -0.4 is 11.1 Å². The molecule has 3 rings (SSSR count). The van der Waals surface area contributed by atoms with Crippen LogP contribution >= 0.6 is 0 Å². The number of phenolic OH excluding ortho intramolecular Hbond substituents is 1. The maximum absolute atomic E-state index is 12.7. The second-order valence-electron chi connectivity index (χ2n) is 6.99. The minimum atomic E-state index is -1.09. The molecule has 0 heterocycles. The molecule has 0 fully saturated rings. The third-order valence-electron chi connectivity index (χ3n) is 4.69. The van der Waals surface area contributed by atoms with Crippen LogP contribution in [0.4, 0.5) is 5.69 Å². The average Bonchev–Trinajstić information content (AvgIpc) is 2.77. The lowest BCUT2D eigenvalue weighted by Crippen LogP contribution is -2.41. The number of aliphatic carboxylic acids is 1. The fourth-order valence-electron chi connectivity index (χ4n) is 2.94. The Kier molecular flexibility index (Phi) is 6.92. The molecule has 0 aliphatic heterocycles. The van der Waals surface area contributed by atoms with Gasteiger partial charge < -0.3 is 21.3 Å². The number of carbonyl (C=O) groups is 2. The summed E-state index contributed by atoms with van der Waals surface area (Å²) in [6, 6.07) is 19.5. The number of hydrogen-bond acceptors (Lipinski definition) is 4. The van der Waals surface area contributed by atoms with E-state index >= 15 is 0 Å². The van der Waals surface area contributed by atoms with Gasteiger partial charge >= 0.3 is 5.97 Å². The standard InChI is InChI=1S/C25H22N2O4/c26-22-14-11-20(16-19(22)10-6-18-7-12-21(28)13-8-18)24(29)27-23(25(30)31)15-9-17-4-2-1-3-5-17/h1-5,7-8,11-14,16,23,28H,9,15,26H2,(H,27,29)(H,30,31). The Balaban J connectivity index is 1.72. The molecule has 0 saturated heterocycles. The minimum Gasteiger partial charge on any atom is -0.508 e. The number of nitrogen functional groups attached to an aromatic ring is 1. The molecule has 156 valence electrons. The van der Waals surface area contributed by atoms with Crippen molar-refractivity contribution in [1.82, 2.24) is 5.32 Å². The lowest BCUT2D eigenvalue weighted by atomic mass is 10.0. The van der Waals surface area contributed by atoms with E-state index in [-0.39, 0.29) is 17.7 Å². The van der Waals surface area contributed by atoms with Gasteiger partial charge in [0.15, 0.2) is 0 Å². The number of phenols is 1. The van der Waals surface area contributed by atoms with Crippen molar-refractivity contribution in [3.05, 3.63) is 95.1 Å². The molecule has 0 aromatic heterocycles. The number of carbonyl (C=O) groups excluding carboxylic acids is 1. The van der Waals surface area contributed by atoms with Crippen molar-refractivity contribution in [2.24, 2.45) is 0 Å². The molecule has 0 aliphatic rings. The number of rotatable bonds is 6. The largest absolute Gasteiger partial charge is 0.508 e. The lowest BCUT2D eigenvalue weighted by Gasteiger charge is -2.15. The predicted molar refractivity (Wildman–Crippen MR) is 119 cm³/mol. The summed E-state index contributed by atoms with van der Waals surface area (Å²) in [4.78, 5) is 24.3. The summed E-state index contributed by atoms with van der Waals surface area (Å²) in [5, 5.41) is 21.4. The van der Waals surface area contributed by atoms with Crippen molar-refractivity contribution in [2.45, 2.75) is 18.9 Å². The average molecular weight is 414 g/mol. The first-order valence-corrected chi connectivity index (χ1v) is 9.70. The van der Waals surface area contributed by atoms with Gasteiger partial charge in [-0.2, -0.15) is 0 Å². The van der Waals surface area contributed by atoms with Crippen molar-refractivity contribution in [1.29, 1.82) is 0 Å². The second-order valence-corrected chi connectivity index (χ2v) is 6.99. The van der Waals surface area contributed by atoms with Gasteiger partial charge in [0, 0.05) is 22.4 Å². The Labute approximate surface area is 180 Å². The number of nitrogens with two attached hydrogens (primary N) is 1. The van der Waals surface area contributed by atoms with Crippen LogP contribution in [0.2, 0.25) is 0 Å². The van der Waals surface area contributed by atoms with E-state index in [1.54, 1.807) is 18.2 Å². The van der Waals surface area contributed by atoms with Gasteiger partial charge in [-0.05, 0) is 60.9 Å². The Hall–Kier alpha value is -4.24. The summed E-state index contributed by atoms with van der Waals surface area (Å²) < 4.78 is 0. The zero-order valence-corrected chi connectivity index (χ0v) is 16.7. The normalized spacial score (nSPS) is 11.1. The minimum absolute atomic E-state index is 0.143. The number of anilines is 1. The first-order chi connectivity index (χ1) is 14.9. The number of carboxylic acid groups (broad SMARTS) is 1. The topological polar surface area (TPSA) is 113 Å². The number of benzene rings is 3. The fraction of sp³-hybridized carbons (Fsp3) is 0.120. The van der Waals surface area contributed by atoms with E-state index in [4.69, 9.17) is 5.73 Å². The number of hydrogen-bond donors (Lipinski definition) is 4. The number of aryl methyl sites for hydroxylation is 1. The summed E-state index contributed by atoms with van der Waals surface area (Å²) in [5.41, 5.74) is 8.79. The number of carboxylic acids is 1. The molecular formula is C25H22N2O4. The highest BCUT2D eigenvalue weighted by atomic mass is 16.4. The molecule has 5 N–H and O–H groups in total. The highest BCUT2D eigenvalue weighted by Gasteiger charge is 2.21. The maximum Gasteiger partial charge on any atom is 0.326 e. The van der Waals surface area contributed by atoms with Gasteiger partial charge in [-0.25, -0.2) is 4.79 Å². The molecule has 1 amide bonds. The quantitative estimate of drug-likeness (QED) is 0.366. The van der Waals surface area contributed by atoms with Crippen molar-refractivity contribution in [3.63, 3.8) is 0 Å². The molecule has 1 unspecified atom stereocenters. The zero-order chi connectivity index (χ0) is 22.2. The van der Waals surface area contributed by atoms with Crippen molar-refractivity contribution in [2.75, 3.05) is 5.73 Å². The first kappa shape index (κ1) is 21.5. The highest BCUT2D eigenvalue weighted by molar-refractivity contribution is 5.97.